The number of nitrogens with zero attached hydrogens (tertiary/aromatic N) is 1. The zero-order valence-electron chi connectivity index (χ0n) is 12.6. The van der Waals surface area contributed by atoms with Gasteiger partial charge in [-0.15, -0.1) is 0 Å². The predicted molar refractivity (Wildman–Crippen MR) is 79.4 cm³/mol. The fraction of sp³-hybridized carbons (Fsp3) is 0.750. The summed E-state index contributed by atoms with van der Waals surface area (Å²) in [7, 11) is 6.55. The number of hydrogen-bond acceptors (Lipinski definition) is 3. The summed E-state index contributed by atoms with van der Waals surface area (Å²) >= 11 is 0. The van der Waals surface area contributed by atoms with Crippen molar-refractivity contribution in [3.63, 3.8) is 0 Å². The van der Waals surface area contributed by atoms with Crippen molar-refractivity contribution in [2.45, 2.75) is 56.5 Å². The topological polar surface area (TPSA) is 28.4 Å². The molecule has 0 aromatic carbocycles. The first-order valence-corrected chi connectivity index (χ1v) is 7.56. The second-order valence-electron chi connectivity index (χ2n) is 6.04. The highest BCUT2D eigenvalue weighted by Crippen LogP contribution is 2.35. The molecule has 1 heterocycles. The third-order valence-corrected chi connectivity index (χ3v) is 4.84. The van der Waals surface area contributed by atoms with Gasteiger partial charge < -0.3 is 14.6 Å². The Balaban J connectivity index is 2.18. The molecule has 1 aliphatic carbocycles. The van der Waals surface area contributed by atoms with Crippen LogP contribution in [0.4, 0.5) is 0 Å². The molecule has 1 atom stereocenters. The van der Waals surface area contributed by atoms with Gasteiger partial charge in [-0.25, -0.2) is 0 Å². The lowest BCUT2D eigenvalue weighted by molar-refractivity contribution is 0.0812. The standard InChI is InChI=1S/C16H28N2O/c1-17-15(13-14-9-8-12-19-14)16(18(2)3)10-6-4-5-7-11-16/h8-9,12,15,17H,4-7,10-11,13H2,1-3H3. The van der Waals surface area contributed by atoms with Crippen molar-refractivity contribution in [3.8, 4) is 0 Å². The van der Waals surface area contributed by atoms with E-state index in [1.807, 2.05) is 6.07 Å². The van der Waals surface area contributed by atoms with Gasteiger partial charge >= 0.3 is 0 Å². The van der Waals surface area contributed by atoms with Crippen LogP contribution in [-0.4, -0.2) is 37.6 Å². The number of furan rings is 1. The lowest BCUT2D eigenvalue weighted by Gasteiger charge is -2.45. The van der Waals surface area contributed by atoms with Crippen molar-refractivity contribution in [1.29, 1.82) is 0 Å². The molecule has 0 radical (unpaired) electrons. The predicted octanol–water partition coefficient (Wildman–Crippen LogP) is 3.06. The maximum absolute atomic E-state index is 5.55. The highest BCUT2D eigenvalue weighted by atomic mass is 16.3. The van der Waals surface area contributed by atoms with Crippen molar-refractivity contribution < 1.29 is 4.42 Å². The van der Waals surface area contributed by atoms with Crippen LogP contribution in [0.25, 0.3) is 0 Å². The number of likely N-dealkylation sites (N-methyl/N-ethyl adjacent to an activating group) is 2. The Kier molecular flexibility index (Phi) is 5.06. The van der Waals surface area contributed by atoms with Crippen LogP contribution in [0, 0.1) is 0 Å². The van der Waals surface area contributed by atoms with Gasteiger partial charge in [0.1, 0.15) is 5.76 Å². The van der Waals surface area contributed by atoms with Gasteiger partial charge in [-0.05, 0) is 46.1 Å². The number of rotatable bonds is 5. The molecule has 1 fully saturated rings. The lowest BCUT2D eigenvalue weighted by atomic mass is 9.79. The van der Waals surface area contributed by atoms with Gasteiger partial charge in [0.25, 0.3) is 0 Å². The van der Waals surface area contributed by atoms with E-state index in [4.69, 9.17) is 4.42 Å². The zero-order valence-corrected chi connectivity index (χ0v) is 12.6. The molecule has 0 bridgehead atoms. The molecule has 108 valence electrons. The van der Waals surface area contributed by atoms with Crippen molar-refractivity contribution in [1.82, 2.24) is 10.2 Å². The Morgan fingerprint density at radius 1 is 1.26 bits per heavy atom. The highest BCUT2D eigenvalue weighted by molar-refractivity contribution is 5.07. The lowest BCUT2D eigenvalue weighted by Crippen LogP contribution is -2.59. The molecule has 1 saturated carbocycles. The largest absolute Gasteiger partial charge is 0.469 e. The summed E-state index contributed by atoms with van der Waals surface area (Å²) in [5, 5.41) is 3.56. The molecular weight excluding hydrogens is 236 g/mol. The fourth-order valence-electron chi connectivity index (χ4n) is 3.64. The minimum Gasteiger partial charge on any atom is -0.469 e. The van der Waals surface area contributed by atoms with E-state index in [1.165, 1.54) is 38.5 Å². The normalized spacial score (nSPS) is 21.3. The van der Waals surface area contributed by atoms with Gasteiger partial charge in [0.15, 0.2) is 0 Å². The monoisotopic (exact) mass is 264 g/mol. The van der Waals surface area contributed by atoms with Crippen LogP contribution < -0.4 is 5.32 Å². The first kappa shape index (κ1) is 14.6. The van der Waals surface area contributed by atoms with Crippen LogP contribution in [-0.2, 0) is 6.42 Å². The molecule has 1 unspecified atom stereocenters. The maximum atomic E-state index is 5.55. The van der Waals surface area contributed by atoms with E-state index in [0.717, 1.165) is 12.2 Å². The molecule has 1 aromatic rings. The molecule has 3 nitrogen and oxygen atoms in total. The summed E-state index contributed by atoms with van der Waals surface area (Å²) in [4.78, 5) is 2.45. The van der Waals surface area contributed by atoms with E-state index in [0.29, 0.717) is 6.04 Å². The van der Waals surface area contributed by atoms with Gasteiger partial charge in [-0.2, -0.15) is 0 Å². The van der Waals surface area contributed by atoms with Crippen LogP contribution >= 0.6 is 0 Å². The number of hydrogen-bond donors (Lipinski definition) is 1. The van der Waals surface area contributed by atoms with Gasteiger partial charge in [0, 0.05) is 18.0 Å². The molecule has 19 heavy (non-hydrogen) atoms. The second-order valence-corrected chi connectivity index (χ2v) is 6.04. The first-order chi connectivity index (χ1) is 9.19. The molecule has 1 aromatic heterocycles. The maximum Gasteiger partial charge on any atom is 0.105 e. The van der Waals surface area contributed by atoms with Crippen LogP contribution in [0.5, 0.6) is 0 Å². The Bertz CT molecular complexity index is 351. The highest BCUT2D eigenvalue weighted by Gasteiger charge is 2.40. The molecule has 1 N–H and O–H groups in total. The van der Waals surface area contributed by atoms with Gasteiger partial charge in [-0.3, -0.25) is 0 Å². The summed E-state index contributed by atoms with van der Waals surface area (Å²) in [5.74, 6) is 1.09. The Morgan fingerprint density at radius 2 is 1.95 bits per heavy atom. The summed E-state index contributed by atoms with van der Waals surface area (Å²) < 4.78 is 5.55. The Morgan fingerprint density at radius 3 is 2.42 bits per heavy atom. The molecule has 0 saturated heterocycles. The van der Waals surface area contributed by atoms with Crippen molar-refractivity contribution >= 4 is 0 Å². The molecule has 1 aliphatic rings. The summed E-state index contributed by atoms with van der Waals surface area (Å²) in [5.41, 5.74) is 0.262. The average Bonchev–Trinajstić information content (AvgIpc) is 2.78. The summed E-state index contributed by atoms with van der Waals surface area (Å²) in [6.07, 6.45) is 10.8. The van der Waals surface area contributed by atoms with Crippen molar-refractivity contribution in [2.24, 2.45) is 0 Å². The summed E-state index contributed by atoms with van der Waals surface area (Å²) in [6, 6.07) is 4.52. The van der Waals surface area contributed by atoms with Crippen molar-refractivity contribution in [3.05, 3.63) is 24.2 Å². The van der Waals surface area contributed by atoms with Crippen LogP contribution in [0.15, 0.2) is 22.8 Å². The number of nitrogens with one attached hydrogen (secondary N) is 1. The molecule has 2 rings (SSSR count). The third-order valence-electron chi connectivity index (χ3n) is 4.84. The Hall–Kier alpha value is -0.800. The second kappa shape index (κ2) is 6.58. The first-order valence-electron chi connectivity index (χ1n) is 7.56. The van der Waals surface area contributed by atoms with E-state index >= 15 is 0 Å². The minimum absolute atomic E-state index is 0.262. The van der Waals surface area contributed by atoms with E-state index in [9.17, 15) is 0 Å². The van der Waals surface area contributed by atoms with Crippen LogP contribution in [0.3, 0.4) is 0 Å². The van der Waals surface area contributed by atoms with Crippen molar-refractivity contribution in [2.75, 3.05) is 21.1 Å². The van der Waals surface area contributed by atoms with E-state index in [2.05, 4.69) is 37.4 Å². The molecule has 0 amide bonds. The minimum atomic E-state index is 0.262. The van der Waals surface area contributed by atoms with Crippen LogP contribution in [0.1, 0.15) is 44.3 Å². The summed E-state index contributed by atoms with van der Waals surface area (Å²) in [6.45, 7) is 0. The van der Waals surface area contributed by atoms with Gasteiger partial charge in [-0.1, -0.05) is 25.7 Å². The smallest absolute Gasteiger partial charge is 0.105 e. The molecule has 0 spiro atoms. The van der Waals surface area contributed by atoms with E-state index < -0.39 is 0 Å². The van der Waals surface area contributed by atoms with Gasteiger partial charge in [0.05, 0.1) is 6.26 Å². The average molecular weight is 264 g/mol. The molecule has 3 heteroatoms. The molecule has 0 aliphatic heterocycles. The quantitative estimate of drug-likeness (QED) is 0.829. The van der Waals surface area contributed by atoms with E-state index in [1.54, 1.807) is 6.26 Å². The van der Waals surface area contributed by atoms with E-state index in [-0.39, 0.29) is 5.54 Å². The third kappa shape index (κ3) is 3.21. The van der Waals surface area contributed by atoms with Crippen LogP contribution in [0.2, 0.25) is 0 Å². The SMILES string of the molecule is CNC(Cc1ccco1)C1(N(C)C)CCCCCC1. The Labute approximate surface area is 117 Å². The van der Waals surface area contributed by atoms with Gasteiger partial charge in [0.2, 0.25) is 0 Å². The molecular formula is C16H28N2O. The fourth-order valence-corrected chi connectivity index (χ4v) is 3.64. The zero-order chi connectivity index (χ0) is 13.7.